The molecule has 0 saturated heterocycles. The average molecular weight is 540 g/mol. The van der Waals surface area contributed by atoms with Crippen LogP contribution in [0.25, 0.3) is 11.3 Å². The molecule has 35 heavy (non-hydrogen) atoms. The zero-order chi connectivity index (χ0) is 25.4. The minimum atomic E-state index is -0.740. The fourth-order valence-corrected chi connectivity index (χ4v) is 3.80. The molecule has 3 rings (SSSR count). The summed E-state index contributed by atoms with van der Waals surface area (Å²) < 4.78 is 12.5. The monoisotopic (exact) mass is 539 g/mol. The fraction of sp³-hybridized carbons (Fsp3) is 0.296. The molecule has 2 aromatic carbocycles. The molecule has 1 aromatic heterocycles. The van der Waals surface area contributed by atoms with Crippen LogP contribution in [0.15, 0.2) is 68.6 Å². The average Bonchev–Trinajstić information content (AvgIpc) is 3.27. The second-order valence-corrected chi connectivity index (χ2v) is 9.62. The number of benzene rings is 2. The van der Waals surface area contributed by atoms with E-state index < -0.39 is 11.9 Å². The second-order valence-electron chi connectivity index (χ2n) is 8.70. The van der Waals surface area contributed by atoms with Gasteiger partial charge in [0, 0.05) is 10.0 Å². The highest BCUT2D eigenvalue weighted by Crippen LogP contribution is 2.24. The Hall–Kier alpha value is -3.39. The van der Waals surface area contributed by atoms with Gasteiger partial charge in [-0.25, -0.2) is 5.43 Å². The highest BCUT2D eigenvalue weighted by Gasteiger charge is 2.22. The number of hydrogen-bond acceptors (Lipinski definition) is 5. The molecule has 0 aliphatic carbocycles. The first-order valence-corrected chi connectivity index (χ1v) is 12.2. The summed E-state index contributed by atoms with van der Waals surface area (Å²) in [5.74, 6) is 1.28. The largest absolute Gasteiger partial charge is 0.483 e. The van der Waals surface area contributed by atoms with E-state index in [9.17, 15) is 9.59 Å². The van der Waals surface area contributed by atoms with Crippen LogP contribution in [0.3, 0.4) is 0 Å². The van der Waals surface area contributed by atoms with E-state index in [0.717, 1.165) is 21.2 Å². The lowest BCUT2D eigenvalue weighted by atomic mass is 10.0. The van der Waals surface area contributed by atoms with Gasteiger partial charge in [-0.05, 0) is 61.6 Å². The van der Waals surface area contributed by atoms with Crippen molar-refractivity contribution in [3.05, 3.63) is 76.0 Å². The first kappa shape index (κ1) is 26.2. The molecule has 7 nitrogen and oxygen atoms in total. The van der Waals surface area contributed by atoms with Crippen LogP contribution in [0.1, 0.15) is 37.2 Å². The maximum atomic E-state index is 12.7. The number of carbonyl (C=O) groups excluding carboxylic acids is 2. The molecule has 184 valence electrons. The molecule has 0 radical (unpaired) electrons. The molecule has 3 aromatic rings. The Morgan fingerprint density at radius 1 is 1.06 bits per heavy atom. The lowest BCUT2D eigenvalue weighted by Gasteiger charge is -2.19. The summed E-state index contributed by atoms with van der Waals surface area (Å²) in [5.41, 5.74) is 5.33. The van der Waals surface area contributed by atoms with Gasteiger partial charge in [-0.3, -0.25) is 9.59 Å². The van der Waals surface area contributed by atoms with E-state index in [1.165, 1.54) is 6.21 Å². The number of ether oxygens (including phenoxy) is 1. The maximum Gasteiger partial charge on any atom is 0.262 e. The number of para-hydroxylation sites is 1. The molecule has 0 bridgehead atoms. The molecular formula is C27H30BrN3O4. The number of nitrogens with zero attached hydrogens (tertiary/aromatic N) is 1. The molecule has 8 heteroatoms. The smallest absolute Gasteiger partial charge is 0.262 e. The summed E-state index contributed by atoms with van der Waals surface area (Å²) in [4.78, 5) is 25.2. The minimum absolute atomic E-state index is 0.179. The normalized spacial score (nSPS) is 12.1. The third-order valence-corrected chi connectivity index (χ3v) is 5.77. The zero-order valence-electron chi connectivity index (χ0n) is 20.3. The number of halogens is 1. The van der Waals surface area contributed by atoms with Gasteiger partial charge in [-0.2, -0.15) is 5.10 Å². The highest BCUT2D eigenvalue weighted by molar-refractivity contribution is 9.10. The summed E-state index contributed by atoms with van der Waals surface area (Å²) in [6.45, 7) is 7.63. The Labute approximate surface area is 214 Å². The first-order chi connectivity index (χ1) is 16.7. The third kappa shape index (κ3) is 7.82. The number of rotatable bonds is 10. The van der Waals surface area contributed by atoms with Crippen molar-refractivity contribution in [1.29, 1.82) is 0 Å². The van der Waals surface area contributed by atoms with Gasteiger partial charge >= 0.3 is 0 Å². The van der Waals surface area contributed by atoms with E-state index in [1.54, 1.807) is 6.07 Å². The molecule has 0 spiro atoms. The van der Waals surface area contributed by atoms with Crippen molar-refractivity contribution in [3.63, 3.8) is 0 Å². The number of nitrogens with one attached hydrogen (secondary N) is 2. The van der Waals surface area contributed by atoms with Crippen molar-refractivity contribution in [2.45, 2.75) is 40.2 Å². The minimum Gasteiger partial charge on any atom is -0.483 e. The zero-order valence-corrected chi connectivity index (χ0v) is 21.9. The highest BCUT2D eigenvalue weighted by atomic mass is 79.9. The van der Waals surface area contributed by atoms with Crippen molar-refractivity contribution < 1.29 is 18.7 Å². The summed E-state index contributed by atoms with van der Waals surface area (Å²) in [6.07, 6.45) is 1.89. The molecule has 0 fully saturated rings. The van der Waals surface area contributed by atoms with Crippen LogP contribution >= 0.6 is 15.9 Å². The quantitative estimate of drug-likeness (QED) is 0.267. The van der Waals surface area contributed by atoms with E-state index >= 15 is 0 Å². The molecule has 0 aliphatic rings. The Balaban J connectivity index is 1.56. The molecule has 0 unspecified atom stereocenters. The fourth-order valence-electron chi connectivity index (χ4n) is 3.53. The Kier molecular flexibility index (Phi) is 9.25. The van der Waals surface area contributed by atoms with Gasteiger partial charge in [-0.15, -0.1) is 0 Å². The van der Waals surface area contributed by atoms with Gasteiger partial charge in [0.25, 0.3) is 11.8 Å². The SMILES string of the molecule is Cc1cccc(C)c1OCC(=O)N[C@@H](CC(C)C)C(=O)N/N=C\c1ccc(-c2ccc(Br)cc2)o1. The summed E-state index contributed by atoms with van der Waals surface area (Å²) in [6, 6.07) is 16.4. The second kappa shape index (κ2) is 12.4. The van der Waals surface area contributed by atoms with Crippen molar-refractivity contribution in [2.75, 3.05) is 6.61 Å². The van der Waals surface area contributed by atoms with Crippen LogP contribution in [0.2, 0.25) is 0 Å². The molecule has 1 heterocycles. The molecule has 0 aliphatic heterocycles. The Bertz CT molecular complexity index is 1170. The van der Waals surface area contributed by atoms with Crippen LogP contribution in [0.4, 0.5) is 0 Å². The number of hydrazone groups is 1. The van der Waals surface area contributed by atoms with Crippen molar-refractivity contribution in [3.8, 4) is 17.1 Å². The first-order valence-electron chi connectivity index (χ1n) is 11.4. The van der Waals surface area contributed by atoms with E-state index in [4.69, 9.17) is 9.15 Å². The van der Waals surface area contributed by atoms with Crippen LogP contribution in [-0.4, -0.2) is 30.7 Å². The summed E-state index contributed by atoms with van der Waals surface area (Å²) >= 11 is 3.41. The van der Waals surface area contributed by atoms with E-state index in [2.05, 4.69) is 31.8 Å². The predicted molar refractivity (Wildman–Crippen MR) is 140 cm³/mol. The molecule has 2 amide bonds. The van der Waals surface area contributed by atoms with Gasteiger partial charge in [0.2, 0.25) is 0 Å². The van der Waals surface area contributed by atoms with Gasteiger partial charge in [-0.1, -0.05) is 60.1 Å². The van der Waals surface area contributed by atoms with Crippen LogP contribution in [-0.2, 0) is 9.59 Å². The van der Waals surface area contributed by atoms with Crippen molar-refractivity contribution in [2.24, 2.45) is 11.0 Å². The number of carbonyl (C=O) groups is 2. The van der Waals surface area contributed by atoms with Gasteiger partial charge in [0.05, 0.1) is 6.21 Å². The number of furan rings is 1. The van der Waals surface area contributed by atoms with Crippen molar-refractivity contribution >= 4 is 34.0 Å². The van der Waals surface area contributed by atoms with Crippen LogP contribution in [0, 0.1) is 19.8 Å². The standard InChI is InChI=1S/C27H30BrN3O4/c1-17(2)14-23(30-25(32)16-34-26-18(3)6-5-7-19(26)4)27(33)31-29-15-22-12-13-24(35-22)20-8-10-21(28)11-9-20/h5-13,15,17,23H,14,16H2,1-4H3,(H,30,32)(H,31,33)/b29-15-/t23-/m0/s1. The number of hydrogen-bond donors (Lipinski definition) is 2. The number of aryl methyl sites for hydroxylation is 2. The maximum absolute atomic E-state index is 12.7. The lowest BCUT2D eigenvalue weighted by Crippen LogP contribution is -2.47. The Morgan fingerprint density at radius 2 is 1.74 bits per heavy atom. The summed E-state index contributed by atoms with van der Waals surface area (Å²) in [7, 11) is 0. The topological polar surface area (TPSA) is 92.9 Å². The van der Waals surface area contributed by atoms with E-state index in [0.29, 0.717) is 23.7 Å². The Morgan fingerprint density at radius 3 is 2.40 bits per heavy atom. The predicted octanol–water partition coefficient (Wildman–Crippen LogP) is 5.39. The lowest BCUT2D eigenvalue weighted by molar-refractivity contribution is -0.130. The van der Waals surface area contributed by atoms with Gasteiger partial charge in [0.1, 0.15) is 23.3 Å². The number of amides is 2. The van der Waals surface area contributed by atoms with Crippen LogP contribution in [0.5, 0.6) is 5.75 Å². The van der Waals surface area contributed by atoms with Gasteiger partial charge in [0.15, 0.2) is 6.61 Å². The molecule has 2 N–H and O–H groups in total. The van der Waals surface area contributed by atoms with Crippen molar-refractivity contribution in [1.82, 2.24) is 10.7 Å². The van der Waals surface area contributed by atoms with E-state index in [-0.39, 0.29) is 18.4 Å². The van der Waals surface area contributed by atoms with Gasteiger partial charge < -0.3 is 14.5 Å². The molecule has 0 saturated carbocycles. The molecular weight excluding hydrogens is 510 g/mol. The van der Waals surface area contributed by atoms with E-state index in [1.807, 2.05) is 76.2 Å². The van der Waals surface area contributed by atoms with Crippen LogP contribution < -0.4 is 15.5 Å². The molecule has 1 atom stereocenters. The summed E-state index contributed by atoms with van der Waals surface area (Å²) in [5, 5.41) is 6.77. The third-order valence-electron chi connectivity index (χ3n) is 5.24.